The van der Waals surface area contributed by atoms with E-state index >= 15 is 0 Å². The highest BCUT2D eigenvalue weighted by atomic mass is 35.5. The van der Waals surface area contributed by atoms with Crippen molar-refractivity contribution in [1.82, 2.24) is 4.57 Å². The Kier molecular flexibility index (Phi) is 3.85. The van der Waals surface area contributed by atoms with Crippen molar-refractivity contribution >= 4 is 28.5 Å². The van der Waals surface area contributed by atoms with Gasteiger partial charge in [-0.1, -0.05) is 23.7 Å². The van der Waals surface area contributed by atoms with Crippen LogP contribution in [0.1, 0.15) is 27.2 Å². The van der Waals surface area contributed by atoms with Crippen LogP contribution in [-0.4, -0.2) is 16.1 Å². The van der Waals surface area contributed by atoms with Crippen molar-refractivity contribution in [2.24, 2.45) is 0 Å². The topological polar surface area (TPSA) is 31.2 Å². The molecule has 2 aromatic rings. The monoisotopic (exact) mass is 279 g/mol. The van der Waals surface area contributed by atoms with E-state index in [1.807, 2.05) is 55.8 Å². The number of para-hydroxylation sites is 1. The minimum Gasteiger partial charge on any atom is -0.460 e. The van der Waals surface area contributed by atoms with Gasteiger partial charge in [-0.3, -0.25) is 4.79 Å². The summed E-state index contributed by atoms with van der Waals surface area (Å²) in [6.45, 7) is 6.18. The van der Waals surface area contributed by atoms with Gasteiger partial charge in [0.2, 0.25) is 0 Å². The van der Waals surface area contributed by atoms with Gasteiger partial charge in [0, 0.05) is 18.1 Å². The molecule has 0 aliphatic carbocycles. The van der Waals surface area contributed by atoms with Crippen LogP contribution in [0.4, 0.5) is 0 Å². The summed E-state index contributed by atoms with van der Waals surface area (Å²) in [6.07, 6.45) is 2.28. The van der Waals surface area contributed by atoms with Gasteiger partial charge in [-0.15, -0.1) is 0 Å². The normalized spacial score (nSPS) is 11.8. The number of carbonyl (C=O) groups is 1. The molecule has 0 fully saturated rings. The van der Waals surface area contributed by atoms with Gasteiger partial charge in [0.05, 0.1) is 17.0 Å². The number of hydrogen-bond acceptors (Lipinski definition) is 2. The second kappa shape index (κ2) is 5.25. The number of nitrogens with zero attached hydrogens (tertiary/aromatic N) is 1. The van der Waals surface area contributed by atoms with Gasteiger partial charge in [0.1, 0.15) is 5.60 Å². The molecule has 0 atom stereocenters. The molecule has 0 bridgehead atoms. The summed E-state index contributed by atoms with van der Waals surface area (Å²) in [5, 5.41) is 1.78. The molecule has 0 unspecified atom stereocenters. The van der Waals surface area contributed by atoms with Crippen LogP contribution in [0.5, 0.6) is 0 Å². The molecule has 1 aromatic heterocycles. The first kappa shape index (κ1) is 13.9. The maximum atomic E-state index is 11.7. The molecule has 0 amide bonds. The van der Waals surface area contributed by atoms with E-state index in [0.717, 1.165) is 10.9 Å². The van der Waals surface area contributed by atoms with Crippen molar-refractivity contribution in [3.63, 3.8) is 0 Å². The molecule has 0 aliphatic heterocycles. The van der Waals surface area contributed by atoms with Gasteiger partial charge in [-0.05, 0) is 32.9 Å². The number of benzene rings is 1. The fraction of sp³-hybridized carbons (Fsp3) is 0.400. The molecule has 0 saturated heterocycles. The first-order chi connectivity index (χ1) is 8.87. The Morgan fingerprint density at radius 1 is 1.32 bits per heavy atom. The van der Waals surface area contributed by atoms with Gasteiger partial charge >= 0.3 is 5.97 Å². The lowest BCUT2D eigenvalue weighted by Gasteiger charge is -2.19. The highest BCUT2D eigenvalue weighted by Gasteiger charge is 2.16. The molecule has 0 spiro atoms. The van der Waals surface area contributed by atoms with E-state index < -0.39 is 5.60 Å². The van der Waals surface area contributed by atoms with Crippen molar-refractivity contribution in [2.75, 3.05) is 0 Å². The number of esters is 1. The maximum absolute atomic E-state index is 11.7. The van der Waals surface area contributed by atoms with Crippen molar-refractivity contribution in [2.45, 2.75) is 39.3 Å². The Hall–Kier alpha value is -1.48. The zero-order chi connectivity index (χ0) is 14.0. The molecule has 1 aromatic carbocycles. The summed E-state index contributed by atoms with van der Waals surface area (Å²) >= 11 is 6.19. The Morgan fingerprint density at radius 2 is 2.05 bits per heavy atom. The summed E-state index contributed by atoms with van der Waals surface area (Å²) in [6, 6.07) is 7.78. The molecule has 2 rings (SSSR count). The Labute approximate surface area is 118 Å². The van der Waals surface area contributed by atoms with Crippen LogP contribution in [0.25, 0.3) is 10.9 Å². The lowest BCUT2D eigenvalue weighted by atomic mass is 10.2. The molecular weight excluding hydrogens is 262 g/mol. The summed E-state index contributed by atoms with van der Waals surface area (Å²) in [5.74, 6) is -0.193. The Balaban J connectivity index is 2.08. The average Bonchev–Trinajstić information content (AvgIpc) is 2.69. The SMILES string of the molecule is CC(C)(C)OC(=O)CCn1ccc2cccc(Cl)c21. The van der Waals surface area contributed by atoms with Gasteiger partial charge in [0.25, 0.3) is 0 Å². The first-order valence-corrected chi connectivity index (χ1v) is 6.70. The van der Waals surface area contributed by atoms with Gasteiger partial charge in [0.15, 0.2) is 0 Å². The van der Waals surface area contributed by atoms with E-state index in [1.165, 1.54) is 0 Å². The zero-order valence-corrected chi connectivity index (χ0v) is 12.2. The summed E-state index contributed by atoms with van der Waals surface area (Å²) < 4.78 is 7.28. The summed E-state index contributed by atoms with van der Waals surface area (Å²) in [7, 11) is 0. The van der Waals surface area contributed by atoms with Crippen LogP contribution < -0.4 is 0 Å². The second-order valence-corrected chi connectivity index (χ2v) is 5.93. The van der Waals surface area contributed by atoms with Crippen molar-refractivity contribution < 1.29 is 9.53 Å². The first-order valence-electron chi connectivity index (χ1n) is 6.32. The summed E-state index contributed by atoms with van der Waals surface area (Å²) in [5.41, 5.74) is 0.528. The number of aromatic nitrogens is 1. The Morgan fingerprint density at radius 3 is 2.74 bits per heavy atom. The highest BCUT2D eigenvalue weighted by molar-refractivity contribution is 6.35. The number of fused-ring (bicyclic) bond motifs is 1. The fourth-order valence-corrected chi connectivity index (χ4v) is 2.30. The highest BCUT2D eigenvalue weighted by Crippen LogP contribution is 2.24. The van der Waals surface area contributed by atoms with E-state index in [1.54, 1.807) is 0 Å². The fourth-order valence-electron chi connectivity index (χ4n) is 2.00. The minimum absolute atomic E-state index is 0.193. The predicted octanol–water partition coefficient (Wildman–Crippen LogP) is 4.03. The Bertz CT molecular complexity index is 596. The number of ether oxygens (including phenoxy) is 1. The van der Waals surface area contributed by atoms with Crippen molar-refractivity contribution in [1.29, 1.82) is 0 Å². The predicted molar refractivity (Wildman–Crippen MR) is 77.4 cm³/mol. The lowest BCUT2D eigenvalue weighted by Crippen LogP contribution is -2.24. The minimum atomic E-state index is -0.437. The molecule has 3 nitrogen and oxygen atoms in total. The third-order valence-electron chi connectivity index (χ3n) is 2.72. The quantitative estimate of drug-likeness (QED) is 0.795. The van der Waals surface area contributed by atoms with E-state index in [0.29, 0.717) is 18.0 Å². The second-order valence-electron chi connectivity index (χ2n) is 5.52. The lowest BCUT2D eigenvalue weighted by molar-refractivity contribution is -0.155. The molecule has 102 valence electrons. The number of halogens is 1. The van der Waals surface area contributed by atoms with Crippen LogP contribution in [0.3, 0.4) is 0 Å². The number of aryl methyl sites for hydroxylation is 1. The number of carbonyl (C=O) groups excluding carboxylic acids is 1. The van der Waals surface area contributed by atoms with Crippen LogP contribution in [0, 0.1) is 0 Å². The number of rotatable bonds is 3. The molecule has 0 aliphatic rings. The largest absolute Gasteiger partial charge is 0.460 e. The van der Waals surface area contributed by atoms with Crippen LogP contribution in [0.15, 0.2) is 30.5 Å². The molecule has 0 radical (unpaired) electrons. The van der Waals surface area contributed by atoms with Crippen LogP contribution >= 0.6 is 11.6 Å². The maximum Gasteiger partial charge on any atom is 0.308 e. The van der Waals surface area contributed by atoms with Crippen LogP contribution in [0.2, 0.25) is 5.02 Å². The third kappa shape index (κ3) is 3.51. The third-order valence-corrected chi connectivity index (χ3v) is 3.02. The molecular formula is C15H18ClNO2. The van der Waals surface area contributed by atoms with E-state index in [-0.39, 0.29) is 5.97 Å². The zero-order valence-electron chi connectivity index (χ0n) is 11.4. The van der Waals surface area contributed by atoms with E-state index in [4.69, 9.17) is 16.3 Å². The van der Waals surface area contributed by atoms with Crippen LogP contribution in [-0.2, 0) is 16.1 Å². The summed E-state index contributed by atoms with van der Waals surface area (Å²) in [4.78, 5) is 11.7. The van der Waals surface area contributed by atoms with Gasteiger partial charge in [-0.25, -0.2) is 0 Å². The average molecular weight is 280 g/mol. The van der Waals surface area contributed by atoms with Crippen molar-refractivity contribution in [3.05, 3.63) is 35.5 Å². The molecule has 0 N–H and O–H groups in total. The van der Waals surface area contributed by atoms with E-state index in [2.05, 4.69) is 0 Å². The number of hydrogen-bond donors (Lipinski definition) is 0. The smallest absolute Gasteiger partial charge is 0.308 e. The molecule has 0 saturated carbocycles. The van der Waals surface area contributed by atoms with Crippen molar-refractivity contribution in [3.8, 4) is 0 Å². The van der Waals surface area contributed by atoms with E-state index in [9.17, 15) is 4.79 Å². The standard InChI is InChI=1S/C15H18ClNO2/c1-15(2,3)19-13(18)8-10-17-9-7-11-5-4-6-12(16)14(11)17/h4-7,9H,8,10H2,1-3H3. The van der Waals surface area contributed by atoms with Gasteiger partial charge in [-0.2, -0.15) is 0 Å². The molecule has 1 heterocycles. The molecule has 4 heteroatoms. The van der Waals surface area contributed by atoms with Gasteiger partial charge < -0.3 is 9.30 Å². The molecule has 19 heavy (non-hydrogen) atoms.